The van der Waals surface area contributed by atoms with E-state index in [0.29, 0.717) is 5.16 Å². The Kier molecular flexibility index (Phi) is 6.38. The number of rotatable bonds is 8. The summed E-state index contributed by atoms with van der Waals surface area (Å²) in [5.41, 5.74) is 2.00. The van der Waals surface area contributed by atoms with E-state index in [1.54, 1.807) is 4.68 Å². The average Bonchev–Trinajstić information content (AvgIpc) is 3.16. The quantitative estimate of drug-likeness (QED) is 0.618. The maximum absolute atomic E-state index is 12.4. The van der Waals surface area contributed by atoms with Crippen LogP contribution in [0, 0.1) is 0 Å². The molecule has 0 aliphatic heterocycles. The first-order valence-corrected chi connectivity index (χ1v) is 9.57. The van der Waals surface area contributed by atoms with Crippen molar-refractivity contribution in [2.45, 2.75) is 31.0 Å². The zero-order chi connectivity index (χ0) is 18.2. The van der Waals surface area contributed by atoms with Crippen LogP contribution in [0.3, 0.4) is 0 Å². The normalized spacial score (nSPS) is 11.9. The third-order valence-electron chi connectivity index (χ3n) is 3.89. The second kappa shape index (κ2) is 9.15. The zero-order valence-electron chi connectivity index (χ0n) is 14.6. The van der Waals surface area contributed by atoms with Crippen LogP contribution in [0.15, 0.2) is 65.8 Å². The Morgan fingerprint density at radius 2 is 1.81 bits per heavy atom. The average molecular weight is 367 g/mol. The molecule has 3 rings (SSSR count). The number of thioether (sulfide) groups is 1. The number of hydrogen-bond donors (Lipinski definition) is 1. The number of carbonyl (C=O) groups is 1. The molecule has 0 saturated heterocycles. The van der Waals surface area contributed by atoms with E-state index in [4.69, 9.17) is 0 Å². The molecule has 1 amide bonds. The summed E-state index contributed by atoms with van der Waals surface area (Å²) in [5, 5.41) is 15.5. The lowest BCUT2D eigenvalue weighted by molar-refractivity contribution is -0.119. The van der Waals surface area contributed by atoms with Crippen molar-refractivity contribution in [2.75, 3.05) is 5.75 Å². The first kappa shape index (κ1) is 18.1. The van der Waals surface area contributed by atoms with Crippen molar-refractivity contribution in [2.24, 2.45) is 0 Å². The third-order valence-corrected chi connectivity index (χ3v) is 4.81. The Morgan fingerprint density at radius 3 is 2.50 bits per heavy atom. The van der Waals surface area contributed by atoms with Gasteiger partial charge in [-0.2, -0.15) is 4.68 Å². The molecule has 1 atom stereocenters. The van der Waals surface area contributed by atoms with Gasteiger partial charge in [0, 0.05) is 0 Å². The molecule has 1 heterocycles. The minimum absolute atomic E-state index is 0.0272. The summed E-state index contributed by atoms with van der Waals surface area (Å²) in [6, 6.07) is 19.7. The number of nitrogens with one attached hydrogen (secondary N) is 1. The van der Waals surface area contributed by atoms with Gasteiger partial charge in [-0.05, 0) is 34.5 Å². The maximum atomic E-state index is 12.4. The molecule has 3 aromatic rings. The van der Waals surface area contributed by atoms with Gasteiger partial charge in [-0.25, -0.2) is 0 Å². The molecule has 1 N–H and O–H groups in total. The van der Waals surface area contributed by atoms with E-state index < -0.39 is 0 Å². The number of carbonyl (C=O) groups excluding carboxylic acids is 1. The summed E-state index contributed by atoms with van der Waals surface area (Å²) in [7, 11) is 0. The largest absolute Gasteiger partial charge is 0.349 e. The van der Waals surface area contributed by atoms with E-state index in [-0.39, 0.29) is 17.7 Å². The second-order valence-electron chi connectivity index (χ2n) is 5.82. The fraction of sp³-hybridized carbons (Fsp3) is 0.263. The SMILES string of the molecule is CCC[C@H](NC(=O)CSc1nnnn1-c1ccccc1)c1ccccc1. The molecule has 0 saturated carbocycles. The molecule has 134 valence electrons. The molecule has 0 unspecified atom stereocenters. The molecule has 0 aliphatic carbocycles. The van der Waals surface area contributed by atoms with E-state index in [1.807, 2.05) is 60.7 Å². The van der Waals surface area contributed by atoms with Crippen LogP contribution in [0.2, 0.25) is 0 Å². The van der Waals surface area contributed by atoms with Crippen molar-refractivity contribution in [1.29, 1.82) is 0 Å². The smallest absolute Gasteiger partial charge is 0.230 e. The molecule has 26 heavy (non-hydrogen) atoms. The number of hydrogen-bond acceptors (Lipinski definition) is 5. The first-order chi connectivity index (χ1) is 12.8. The molecule has 0 aliphatic rings. The number of tetrazole rings is 1. The highest BCUT2D eigenvalue weighted by Crippen LogP contribution is 2.20. The Hall–Kier alpha value is -2.67. The molecule has 6 nitrogen and oxygen atoms in total. The zero-order valence-corrected chi connectivity index (χ0v) is 15.4. The number of para-hydroxylation sites is 1. The van der Waals surface area contributed by atoms with Crippen LogP contribution in [-0.4, -0.2) is 31.9 Å². The fourth-order valence-electron chi connectivity index (χ4n) is 2.66. The lowest BCUT2D eigenvalue weighted by Crippen LogP contribution is -2.30. The van der Waals surface area contributed by atoms with Crippen LogP contribution >= 0.6 is 11.8 Å². The van der Waals surface area contributed by atoms with Crippen LogP contribution in [0.5, 0.6) is 0 Å². The number of amides is 1. The highest BCUT2D eigenvalue weighted by Gasteiger charge is 2.16. The Balaban J connectivity index is 1.62. The Bertz CT molecular complexity index is 822. The summed E-state index contributed by atoms with van der Waals surface area (Å²) < 4.78 is 1.64. The summed E-state index contributed by atoms with van der Waals surface area (Å²) in [5.74, 6) is 0.236. The second-order valence-corrected chi connectivity index (χ2v) is 6.76. The van der Waals surface area contributed by atoms with E-state index >= 15 is 0 Å². The molecule has 1 aromatic heterocycles. The predicted octanol–water partition coefficient (Wildman–Crippen LogP) is 3.41. The van der Waals surface area contributed by atoms with Gasteiger partial charge in [0.2, 0.25) is 11.1 Å². The maximum Gasteiger partial charge on any atom is 0.230 e. The Labute approximate surface area is 157 Å². The topological polar surface area (TPSA) is 72.7 Å². The molecule has 7 heteroatoms. The van der Waals surface area contributed by atoms with Crippen LogP contribution < -0.4 is 5.32 Å². The van der Waals surface area contributed by atoms with Gasteiger partial charge in [-0.3, -0.25) is 4.79 Å². The van der Waals surface area contributed by atoms with Crippen molar-refractivity contribution in [3.8, 4) is 5.69 Å². The van der Waals surface area contributed by atoms with Gasteiger partial charge in [0.25, 0.3) is 0 Å². The summed E-state index contributed by atoms with van der Waals surface area (Å²) >= 11 is 1.33. The molecule has 0 fully saturated rings. The van der Waals surface area contributed by atoms with Crippen LogP contribution in [0.4, 0.5) is 0 Å². The summed E-state index contributed by atoms with van der Waals surface area (Å²) in [4.78, 5) is 12.4. The monoisotopic (exact) mass is 367 g/mol. The highest BCUT2D eigenvalue weighted by molar-refractivity contribution is 7.99. The van der Waals surface area contributed by atoms with Crippen LogP contribution in [-0.2, 0) is 4.79 Å². The fourth-order valence-corrected chi connectivity index (χ4v) is 3.36. The van der Waals surface area contributed by atoms with Gasteiger partial charge < -0.3 is 5.32 Å². The number of aromatic nitrogens is 4. The van der Waals surface area contributed by atoms with Gasteiger partial charge in [0.15, 0.2) is 0 Å². The predicted molar refractivity (Wildman–Crippen MR) is 102 cm³/mol. The lowest BCUT2D eigenvalue weighted by Gasteiger charge is -2.18. The van der Waals surface area contributed by atoms with Crippen LogP contribution in [0.25, 0.3) is 5.69 Å². The lowest BCUT2D eigenvalue weighted by atomic mass is 10.0. The minimum atomic E-state index is -0.0279. The minimum Gasteiger partial charge on any atom is -0.349 e. The Morgan fingerprint density at radius 1 is 1.12 bits per heavy atom. The van der Waals surface area contributed by atoms with Crippen molar-refractivity contribution >= 4 is 17.7 Å². The molecule has 0 bridgehead atoms. The van der Waals surface area contributed by atoms with Gasteiger partial charge in [0.1, 0.15) is 0 Å². The van der Waals surface area contributed by atoms with Crippen molar-refractivity contribution in [3.63, 3.8) is 0 Å². The van der Waals surface area contributed by atoms with E-state index in [1.165, 1.54) is 11.8 Å². The van der Waals surface area contributed by atoms with E-state index in [9.17, 15) is 4.79 Å². The van der Waals surface area contributed by atoms with Crippen molar-refractivity contribution in [3.05, 3.63) is 66.2 Å². The van der Waals surface area contributed by atoms with E-state index in [2.05, 4.69) is 27.8 Å². The third kappa shape index (κ3) is 4.70. The highest BCUT2D eigenvalue weighted by atomic mass is 32.2. The number of benzene rings is 2. The standard InChI is InChI=1S/C19H21N5OS/c1-2-9-17(15-10-5-3-6-11-15)20-18(25)14-26-19-21-22-23-24(19)16-12-7-4-8-13-16/h3-8,10-13,17H,2,9,14H2,1H3,(H,20,25)/t17-/m0/s1. The van der Waals surface area contributed by atoms with Gasteiger partial charge in [0.05, 0.1) is 17.5 Å². The number of nitrogens with zero attached hydrogens (tertiary/aromatic N) is 4. The molecule has 2 aromatic carbocycles. The molecule has 0 spiro atoms. The van der Waals surface area contributed by atoms with Gasteiger partial charge >= 0.3 is 0 Å². The van der Waals surface area contributed by atoms with Crippen LogP contribution in [0.1, 0.15) is 31.4 Å². The van der Waals surface area contributed by atoms with Crippen molar-refractivity contribution < 1.29 is 4.79 Å². The molecule has 0 radical (unpaired) electrons. The summed E-state index contributed by atoms with van der Waals surface area (Å²) in [6.07, 6.45) is 1.90. The van der Waals surface area contributed by atoms with Crippen molar-refractivity contribution in [1.82, 2.24) is 25.5 Å². The summed E-state index contributed by atoms with van der Waals surface area (Å²) in [6.45, 7) is 2.12. The first-order valence-electron chi connectivity index (χ1n) is 8.59. The molecular formula is C19H21N5OS. The van der Waals surface area contributed by atoms with Gasteiger partial charge in [-0.1, -0.05) is 73.6 Å². The van der Waals surface area contributed by atoms with Gasteiger partial charge in [-0.15, -0.1) is 5.10 Å². The van der Waals surface area contributed by atoms with E-state index in [0.717, 1.165) is 24.1 Å². The molecular weight excluding hydrogens is 346 g/mol.